The van der Waals surface area contributed by atoms with Crippen molar-refractivity contribution in [3.63, 3.8) is 0 Å². The highest BCUT2D eigenvalue weighted by atomic mass is 16.5. The van der Waals surface area contributed by atoms with Crippen molar-refractivity contribution in [2.45, 2.75) is 38.3 Å². The number of carbonyl (C=O) groups excluding carboxylic acids is 3. The van der Waals surface area contributed by atoms with Crippen LogP contribution >= 0.6 is 0 Å². The second kappa shape index (κ2) is 9.87. The van der Waals surface area contributed by atoms with Crippen LogP contribution in [0, 0.1) is 0 Å². The zero-order valence-corrected chi connectivity index (χ0v) is 17.1. The van der Waals surface area contributed by atoms with Gasteiger partial charge in [0.1, 0.15) is 0 Å². The Kier molecular flexibility index (Phi) is 7.01. The first-order valence-corrected chi connectivity index (χ1v) is 9.93. The summed E-state index contributed by atoms with van der Waals surface area (Å²) in [5.74, 6) is -1.36. The van der Waals surface area contributed by atoms with Gasteiger partial charge >= 0.3 is 11.9 Å². The van der Waals surface area contributed by atoms with E-state index in [1.165, 1.54) is 18.7 Å². The van der Waals surface area contributed by atoms with Crippen LogP contribution in [0.4, 0.5) is 0 Å². The van der Waals surface area contributed by atoms with Gasteiger partial charge in [-0.2, -0.15) is 0 Å². The summed E-state index contributed by atoms with van der Waals surface area (Å²) in [6.07, 6.45) is 4.80. The maximum Gasteiger partial charge on any atom is 0.337 e. The number of benzene rings is 2. The van der Waals surface area contributed by atoms with Gasteiger partial charge in [0.05, 0.1) is 18.7 Å². The van der Waals surface area contributed by atoms with Gasteiger partial charge in [0, 0.05) is 6.08 Å². The molecule has 1 amide bonds. The van der Waals surface area contributed by atoms with Gasteiger partial charge in [-0.1, -0.05) is 36.4 Å². The molecule has 3 rings (SSSR count). The van der Waals surface area contributed by atoms with Crippen LogP contribution in [0.3, 0.4) is 0 Å². The summed E-state index contributed by atoms with van der Waals surface area (Å²) < 4.78 is 9.88. The summed E-state index contributed by atoms with van der Waals surface area (Å²) >= 11 is 0. The van der Waals surface area contributed by atoms with E-state index in [-0.39, 0.29) is 11.9 Å². The molecule has 1 aliphatic rings. The maximum atomic E-state index is 12.5. The highest BCUT2D eigenvalue weighted by molar-refractivity contribution is 5.91. The van der Waals surface area contributed by atoms with Crippen molar-refractivity contribution >= 4 is 23.9 Å². The minimum absolute atomic E-state index is 0.0625. The lowest BCUT2D eigenvalue weighted by Crippen LogP contribution is -2.39. The Hall–Kier alpha value is -3.41. The van der Waals surface area contributed by atoms with Crippen LogP contribution < -0.4 is 5.32 Å². The number of hydrogen-bond acceptors (Lipinski definition) is 5. The van der Waals surface area contributed by atoms with E-state index in [0.717, 1.165) is 30.4 Å². The highest BCUT2D eigenvalue weighted by Gasteiger charge is 2.24. The molecule has 0 heterocycles. The second-order valence-electron chi connectivity index (χ2n) is 7.18. The van der Waals surface area contributed by atoms with E-state index in [1.54, 1.807) is 37.3 Å². The number of esters is 2. The Morgan fingerprint density at radius 2 is 1.83 bits per heavy atom. The Morgan fingerprint density at radius 1 is 1.10 bits per heavy atom. The van der Waals surface area contributed by atoms with Crippen LogP contribution in [0.1, 0.15) is 52.9 Å². The van der Waals surface area contributed by atoms with Crippen LogP contribution in [-0.2, 0) is 25.5 Å². The summed E-state index contributed by atoms with van der Waals surface area (Å²) in [4.78, 5) is 36.0. The van der Waals surface area contributed by atoms with Gasteiger partial charge in [-0.15, -0.1) is 0 Å². The summed E-state index contributed by atoms with van der Waals surface area (Å²) in [5, 5.41) is 2.99. The van der Waals surface area contributed by atoms with Crippen molar-refractivity contribution in [3.8, 4) is 0 Å². The van der Waals surface area contributed by atoms with Crippen molar-refractivity contribution in [2.24, 2.45) is 0 Å². The average molecular weight is 407 g/mol. The Morgan fingerprint density at radius 3 is 2.57 bits per heavy atom. The molecule has 2 aromatic carbocycles. The molecule has 0 unspecified atom stereocenters. The van der Waals surface area contributed by atoms with Gasteiger partial charge in [-0.3, -0.25) is 4.79 Å². The third-order valence-electron chi connectivity index (χ3n) is 5.09. The number of carbonyl (C=O) groups is 3. The summed E-state index contributed by atoms with van der Waals surface area (Å²) in [5.41, 5.74) is 3.52. The largest absolute Gasteiger partial charge is 0.465 e. The monoisotopic (exact) mass is 407 g/mol. The van der Waals surface area contributed by atoms with Crippen molar-refractivity contribution in [1.82, 2.24) is 5.32 Å². The molecule has 2 aromatic rings. The van der Waals surface area contributed by atoms with Gasteiger partial charge in [-0.05, 0) is 61.1 Å². The number of fused-ring (bicyclic) bond motifs is 1. The van der Waals surface area contributed by atoms with Crippen LogP contribution in [0.2, 0.25) is 0 Å². The molecule has 0 saturated heterocycles. The molecule has 1 N–H and O–H groups in total. The van der Waals surface area contributed by atoms with Crippen LogP contribution in [0.25, 0.3) is 6.08 Å². The molecule has 156 valence electrons. The zero-order chi connectivity index (χ0) is 21.5. The topological polar surface area (TPSA) is 81.7 Å². The Bertz CT molecular complexity index is 948. The molecule has 0 spiro atoms. The highest BCUT2D eigenvalue weighted by Crippen LogP contribution is 2.29. The summed E-state index contributed by atoms with van der Waals surface area (Å²) in [6, 6.07) is 14.6. The standard InChI is InChI=1S/C24H25NO5/c1-16(23(27)25-21-9-5-7-18-6-3-4-8-20(18)21)30-22(26)15-12-17-10-13-19(14-11-17)24(28)29-2/h3-4,6,8,10-16,21H,5,7,9H2,1-2H3,(H,25,27)/b15-12+/t16-,21+/m1/s1. The van der Waals surface area contributed by atoms with Gasteiger partial charge in [0.25, 0.3) is 5.91 Å². The molecule has 0 radical (unpaired) electrons. The van der Waals surface area contributed by atoms with Crippen molar-refractivity contribution in [1.29, 1.82) is 0 Å². The molecule has 6 heteroatoms. The van der Waals surface area contributed by atoms with E-state index in [9.17, 15) is 14.4 Å². The maximum absolute atomic E-state index is 12.5. The first-order valence-electron chi connectivity index (χ1n) is 9.93. The first kappa shape index (κ1) is 21.3. The molecule has 1 aliphatic carbocycles. The van der Waals surface area contributed by atoms with Crippen molar-refractivity contribution < 1.29 is 23.9 Å². The SMILES string of the molecule is COC(=O)c1ccc(/C=C/C(=O)O[C@H](C)C(=O)N[C@H]2CCCc3ccccc32)cc1. The van der Waals surface area contributed by atoms with E-state index in [2.05, 4.69) is 16.1 Å². The normalized spacial score (nSPS) is 16.4. The van der Waals surface area contributed by atoms with Gasteiger partial charge in [0.15, 0.2) is 6.10 Å². The fourth-order valence-corrected chi connectivity index (χ4v) is 3.47. The van der Waals surface area contributed by atoms with Crippen LogP contribution in [-0.4, -0.2) is 31.1 Å². The van der Waals surface area contributed by atoms with E-state index < -0.39 is 18.0 Å². The minimum Gasteiger partial charge on any atom is -0.465 e. The Labute approximate surface area is 175 Å². The number of ether oxygens (including phenoxy) is 2. The van der Waals surface area contributed by atoms with E-state index in [1.807, 2.05) is 18.2 Å². The van der Waals surface area contributed by atoms with E-state index in [0.29, 0.717) is 5.56 Å². The van der Waals surface area contributed by atoms with Crippen molar-refractivity contribution in [3.05, 3.63) is 76.9 Å². The van der Waals surface area contributed by atoms with Gasteiger partial charge in [-0.25, -0.2) is 9.59 Å². The zero-order valence-electron chi connectivity index (χ0n) is 17.1. The van der Waals surface area contributed by atoms with E-state index in [4.69, 9.17) is 4.74 Å². The molecule has 30 heavy (non-hydrogen) atoms. The number of methoxy groups -OCH3 is 1. The number of rotatable bonds is 6. The van der Waals surface area contributed by atoms with Gasteiger partial charge in [0.2, 0.25) is 0 Å². The number of aryl methyl sites for hydroxylation is 1. The molecule has 6 nitrogen and oxygen atoms in total. The first-order chi connectivity index (χ1) is 14.5. The molecule has 0 aromatic heterocycles. The molecule has 0 fully saturated rings. The molecule has 2 atom stereocenters. The molecule has 0 aliphatic heterocycles. The minimum atomic E-state index is -0.905. The smallest absolute Gasteiger partial charge is 0.337 e. The fraction of sp³-hybridized carbons (Fsp3) is 0.292. The number of amides is 1. The average Bonchev–Trinajstić information content (AvgIpc) is 2.77. The number of nitrogens with one attached hydrogen (secondary N) is 1. The molecule has 0 bridgehead atoms. The quantitative estimate of drug-likeness (QED) is 0.584. The predicted molar refractivity (Wildman–Crippen MR) is 113 cm³/mol. The number of hydrogen-bond donors (Lipinski definition) is 1. The lowest BCUT2D eigenvalue weighted by atomic mass is 9.87. The lowest BCUT2D eigenvalue weighted by Gasteiger charge is -2.27. The summed E-state index contributed by atoms with van der Waals surface area (Å²) in [6.45, 7) is 1.56. The van der Waals surface area contributed by atoms with Gasteiger partial charge < -0.3 is 14.8 Å². The van der Waals surface area contributed by atoms with Crippen LogP contribution in [0.15, 0.2) is 54.6 Å². The third-order valence-corrected chi connectivity index (χ3v) is 5.09. The van der Waals surface area contributed by atoms with E-state index >= 15 is 0 Å². The fourth-order valence-electron chi connectivity index (χ4n) is 3.47. The molecular weight excluding hydrogens is 382 g/mol. The second-order valence-corrected chi connectivity index (χ2v) is 7.18. The Balaban J connectivity index is 1.53. The lowest BCUT2D eigenvalue weighted by molar-refractivity contribution is -0.150. The van der Waals surface area contributed by atoms with Crippen molar-refractivity contribution in [2.75, 3.05) is 7.11 Å². The predicted octanol–water partition coefficient (Wildman–Crippen LogP) is 3.61. The summed E-state index contributed by atoms with van der Waals surface area (Å²) in [7, 11) is 1.32. The molecule has 0 saturated carbocycles. The van der Waals surface area contributed by atoms with Crippen LogP contribution in [0.5, 0.6) is 0 Å². The molecular formula is C24H25NO5. The third kappa shape index (κ3) is 5.35.